The van der Waals surface area contributed by atoms with E-state index in [2.05, 4.69) is 34.5 Å². The van der Waals surface area contributed by atoms with Gasteiger partial charge in [0, 0.05) is 31.9 Å². The molecule has 3 nitrogen and oxygen atoms in total. The van der Waals surface area contributed by atoms with E-state index in [0.29, 0.717) is 6.04 Å². The molecule has 19 heavy (non-hydrogen) atoms. The van der Waals surface area contributed by atoms with Crippen LogP contribution >= 0.6 is 0 Å². The predicted molar refractivity (Wildman–Crippen MR) is 78.6 cm³/mol. The third-order valence-corrected chi connectivity index (χ3v) is 4.57. The smallest absolute Gasteiger partial charge is 0.0503 e. The first-order chi connectivity index (χ1) is 9.36. The molecule has 3 rings (SSSR count). The molecule has 3 unspecified atom stereocenters. The topological polar surface area (TPSA) is 24.5 Å². The number of piperidine rings is 1. The van der Waals surface area contributed by atoms with Crippen LogP contribution in [0.2, 0.25) is 0 Å². The number of hydrogen-bond acceptors (Lipinski definition) is 3. The first kappa shape index (κ1) is 12.9. The Labute approximate surface area is 115 Å². The molecule has 1 aromatic carbocycles. The molecule has 0 radical (unpaired) electrons. The molecule has 0 spiro atoms. The molecule has 2 aliphatic rings. The van der Waals surface area contributed by atoms with Gasteiger partial charge in [-0.2, -0.15) is 0 Å². The lowest BCUT2D eigenvalue weighted by Gasteiger charge is -2.32. The standard InChI is InChI=1S/C16H24N2O/c1-19-11-8-13-4-2-3-5-15(13)17-16-7-10-18-9-6-14(16)12-18/h2-5,14,16-17H,6-12H2,1H3. The zero-order chi connectivity index (χ0) is 13.1. The van der Waals surface area contributed by atoms with E-state index in [9.17, 15) is 0 Å². The van der Waals surface area contributed by atoms with E-state index in [1.807, 2.05) is 0 Å². The Balaban J connectivity index is 1.68. The number of rotatable bonds is 5. The second-order valence-electron chi connectivity index (χ2n) is 5.79. The number of anilines is 1. The molecule has 0 amide bonds. The Hall–Kier alpha value is -1.06. The Kier molecular flexibility index (Phi) is 4.04. The number of nitrogens with one attached hydrogen (secondary N) is 1. The fourth-order valence-electron chi connectivity index (χ4n) is 3.43. The van der Waals surface area contributed by atoms with Crippen molar-refractivity contribution in [1.29, 1.82) is 0 Å². The van der Waals surface area contributed by atoms with Gasteiger partial charge in [-0.25, -0.2) is 0 Å². The highest BCUT2D eigenvalue weighted by atomic mass is 16.5. The second kappa shape index (κ2) is 5.93. The number of hydrogen-bond donors (Lipinski definition) is 1. The van der Waals surface area contributed by atoms with Gasteiger partial charge in [0.25, 0.3) is 0 Å². The van der Waals surface area contributed by atoms with Crippen LogP contribution in [0.4, 0.5) is 5.69 Å². The molecule has 3 heteroatoms. The number of para-hydroxylation sites is 1. The van der Waals surface area contributed by atoms with Crippen molar-refractivity contribution in [3.63, 3.8) is 0 Å². The molecule has 0 saturated carbocycles. The fourth-order valence-corrected chi connectivity index (χ4v) is 3.43. The van der Waals surface area contributed by atoms with Crippen molar-refractivity contribution in [2.45, 2.75) is 25.3 Å². The van der Waals surface area contributed by atoms with Gasteiger partial charge >= 0.3 is 0 Å². The van der Waals surface area contributed by atoms with Gasteiger partial charge in [-0.1, -0.05) is 18.2 Å². The van der Waals surface area contributed by atoms with Gasteiger partial charge in [0.1, 0.15) is 0 Å². The van der Waals surface area contributed by atoms with Gasteiger partial charge < -0.3 is 15.0 Å². The van der Waals surface area contributed by atoms with Crippen LogP contribution in [0.25, 0.3) is 0 Å². The first-order valence-electron chi connectivity index (χ1n) is 7.42. The lowest BCUT2D eigenvalue weighted by atomic mass is 9.93. The lowest BCUT2D eigenvalue weighted by molar-refractivity contribution is 0.202. The summed E-state index contributed by atoms with van der Waals surface area (Å²) in [6.07, 6.45) is 3.63. The SMILES string of the molecule is COCCc1ccccc1NC1CCN2CCC1C2. The van der Waals surface area contributed by atoms with Gasteiger partial charge in [0.2, 0.25) is 0 Å². The van der Waals surface area contributed by atoms with Crippen LogP contribution in [0.3, 0.4) is 0 Å². The average molecular weight is 260 g/mol. The number of ether oxygens (including phenoxy) is 1. The predicted octanol–water partition coefficient (Wildman–Crippen LogP) is 2.38. The summed E-state index contributed by atoms with van der Waals surface area (Å²) in [6, 6.07) is 9.33. The third-order valence-electron chi connectivity index (χ3n) is 4.57. The third kappa shape index (κ3) is 2.93. The maximum atomic E-state index is 5.21. The summed E-state index contributed by atoms with van der Waals surface area (Å²) in [7, 11) is 1.77. The van der Waals surface area contributed by atoms with Crippen molar-refractivity contribution in [2.24, 2.45) is 5.92 Å². The number of nitrogens with zero attached hydrogens (tertiary/aromatic N) is 1. The van der Waals surface area contributed by atoms with Crippen LogP contribution in [0.5, 0.6) is 0 Å². The molecule has 2 heterocycles. The van der Waals surface area contributed by atoms with Gasteiger partial charge in [0.05, 0.1) is 6.61 Å². The van der Waals surface area contributed by atoms with Crippen molar-refractivity contribution in [3.8, 4) is 0 Å². The largest absolute Gasteiger partial charge is 0.384 e. The van der Waals surface area contributed by atoms with E-state index in [1.54, 1.807) is 7.11 Å². The summed E-state index contributed by atoms with van der Waals surface area (Å²) in [5.41, 5.74) is 2.69. The van der Waals surface area contributed by atoms with E-state index in [1.165, 1.54) is 43.7 Å². The van der Waals surface area contributed by atoms with E-state index in [-0.39, 0.29) is 0 Å². The van der Waals surface area contributed by atoms with Crippen LogP contribution in [-0.4, -0.2) is 44.3 Å². The van der Waals surface area contributed by atoms with E-state index in [4.69, 9.17) is 4.74 Å². The number of methoxy groups -OCH3 is 1. The molecule has 1 aromatic rings. The minimum Gasteiger partial charge on any atom is -0.384 e. The molecule has 2 bridgehead atoms. The van der Waals surface area contributed by atoms with Crippen LogP contribution in [-0.2, 0) is 11.2 Å². The minimum atomic E-state index is 0.655. The molecule has 2 fully saturated rings. The molecule has 1 N–H and O–H groups in total. The normalized spacial score (nSPS) is 29.4. The summed E-state index contributed by atoms with van der Waals surface area (Å²) < 4.78 is 5.21. The first-order valence-corrected chi connectivity index (χ1v) is 7.42. The second-order valence-corrected chi connectivity index (χ2v) is 5.79. The van der Waals surface area contributed by atoms with Crippen LogP contribution in [0, 0.1) is 5.92 Å². The van der Waals surface area contributed by atoms with Gasteiger partial charge in [-0.3, -0.25) is 0 Å². The summed E-state index contributed by atoms with van der Waals surface area (Å²) in [6.45, 7) is 4.64. The Morgan fingerprint density at radius 3 is 3.00 bits per heavy atom. The summed E-state index contributed by atoms with van der Waals surface area (Å²) in [5, 5.41) is 3.80. The Morgan fingerprint density at radius 1 is 1.26 bits per heavy atom. The van der Waals surface area contributed by atoms with Crippen LogP contribution in [0.15, 0.2) is 24.3 Å². The van der Waals surface area contributed by atoms with E-state index in [0.717, 1.165) is 18.9 Å². The Morgan fingerprint density at radius 2 is 2.11 bits per heavy atom. The summed E-state index contributed by atoms with van der Waals surface area (Å²) in [5.74, 6) is 0.837. The molecule has 2 saturated heterocycles. The van der Waals surface area contributed by atoms with Crippen molar-refractivity contribution in [1.82, 2.24) is 4.90 Å². The summed E-state index contributed by atoms with van der Waals surface area (Å²) >= 11 is 0. The molecule has 0 aromatic heterocycles. The molecule has 0 aliphatic carbocycles. The maximum Gasteiger partial charge on any atom is 0.0503 e. The van der Waals surface area contributed by atoms with Crippen molar-refractivity contribution >= 4 is 5.69 Å². The van der Waals surface area contributed by atoms with Gasteiger partial charge in [-0.05, 0) is 43.4 Å². The van der Waals surface area contributed by atoms with Gasteiger partial charge in [0.15, 0.2) is 0 Å². The van der Waals surface area contributed by atoms with Crippen molar-refractivity contribution in [3.05, 3.63) is 29.8 Å². The zero-order valence-corrected chi connectivity index (χ0v) is 11.8. The summed E-state index contributed by atoms with van der Waals surface area (Å²) in [4.78, 5) is 2.60. The van der Waals surface area contributed by atoms with E-state index >= 15 is 0 Å². The maximum absolute atomic E-state index is 5.21. The van der Waals surface area contributed by atoms with Crippen LogP contribution in [0.1, 0.15) is 18.4 Å². The van der Waals surface area contributed by atoms with Crippen molar-refractivity contribution in [2.75, 3.05) is 38.7 Å². The molecule has 104 valence electrons. The monoisotopic (exact) mass is 260 g/mol. The van der Waals surface area contributed by atoms with Gasteiger partial charge in [-0.15, -0.1) is 0 Å². The molecular formula is C16H24N2O. The average Bonchev–Trinajstić information content (AvgIpc) is 2.84. The molecule has 3 atom stereocenters. The minimum absolute atomic E-state index is 0.655. The highest BCUT2D eigenvalue weighted by Crippen LogP contribution is 2.30. The highest BCUT2D eigenvalue weighted by Gasteiger charge is 2.34. The number of fused-ring (bicyclic) bond motifs is 2. The Bertz CT molecular complexity index is 421. The number of benzene rings is 1. The molecular weight excluding hydrogens is 236 g/mol. The molecule has 2 aliphatic heterocycles. The quantitative estimate of drug-likeness (QED) is 0.879. The van der Waals surface area contributed by atoms with Crippen LogP contribution < -0.4 is 5.32 Å². The highest BCUT2D eigenvalue weighted by molar-refractivity contribution is 5.52. The fraction of sp³-hybridized carbons (Fsp3) is 0.625. The van der Waals surface area contributed by atoms with E-state index < -0.39 is 0 Å². The zero-order valence-electron chi connectivity index (χ0n) is 11.8. The van der Waals surface area contributed by atoms with Crippen molar-refractivity contribution < 1.29 is 4.74 Å². The lowest BCUT2D eigenvalue weighted by Crippen LogP contribution is -2.39.